The van der Waals surface area contributed by atoms with E-state index in [4.69, 9.17) is 21.1 Å². The number of hydrazone groups is 1. The predicted molar refractivity (Wildman–Crippen MR) is 117 cm³/mol. The minimum Gasteiger partial charge on any atom is -0.484 e. The topological polar surface area (TPSA) is 120 Å². The summed E-state index contributed by atoms with van der Waals surface area (Å²) in [6, 6.07) is 18.1. The van der Waals surface area contributed by atoms with Crippen LogP contribution in [0.4, 0.5) is 5.69 Å². The summed E-state index contributed by atoms with van der Waals surface area (Å²) in [6.07, 6.45) is 1.38. The standard InChI is InChI=1S/C22H16ClN3O6/c23-17-6-10-19(11-7-17)31-14-21(27)25-24-13-15-2-1-3-20(12-15)32-22(28)16-4-8-18(9-5-16)26(29)30/h1-13H,14H2,(H,25,27)/b24-13+. The van der Waals surface area contributed by atoms with Crippen molar-refractivity contribution < 1.29 is 24.0 Å². The summed E-state index contributed by atoms with van der Waals surface area (Å²) in [7, 11) is 0. The largest absolute Gasteiger partial charge is 0.484 e. The lowest BCUT2D eigenvalue weighted by Gasteiger charge is -2.06. The summed E-state index contributed by atoms with van der Waals surface area (Å²) in [5.74, 6) is -0.385. The molecule has 3 aromatic rings. The van der Waals surface area contributed by atoms with Crippen molar-refractivity contribution in [1.82, 2.24) is 5.43 Å². The van der Waals surface area contributed by atoms with Crippen molar-refractivity contribution in [3.8, 4) is 11.5 Å². The molecule has 10 heteroatoms. The predicted octanol–water partition coefficient (Wildman–Crippen LogP) is 4.00. The van der Waals surface area contributed by atoms with E-state index in [2.05, 4.69) is 10.5 Å². The number of nitrogens with one attached hydrogen (secondary N) is 1. The van der Waals surface area contributed by atoms with E-state index in [1.165, 1.54) is 30.5 Å². The van der Waals surface area contributed by atoms with Gasteiger partial charge in [-0.25, -0.2) is 10.2 Å². The summed E-state index contributed by atoms with van der Waals surface area (Å²) < 4.78 is 10.6. The number of carbonyl (C=O) groups excluding carboxylic acids is 2. The molecule has 0 aliphatic carbocycles. The lowest BCUT2D eigenvalue weighted by Crippen LogP contribution is -2.24. The molecule has 1 amide bonds. The van der Waals surface area contributed by atoms with Crippen LogP contribution in [0.15, 0.2) is 77.9 Å². The number of carbonyl (C=O) groups is 2. The van der Waals surface area contributed by atoms with Crippen LogP contribution >= 0.6 is 11.6 Å². The maximum Gasteiger partial charge on any atom is 0.343 e. The second-order valence-electron chi connectivity index (χ2n) is 6.30. The zero-order valence-corrected chi connectivity index (χ0v) is 17.2. The molecule has 0 aliphatic rings. The number of halogens is 1. The molecule has 0 aliphatic heterocycles. The normalized spacial score (nSPS) is 10.5. The summed E-state index contributed by atoms with van der Waals surface area (Å²) >= 11 is 5.78. The Bertz CT molecular complexity index is 1150. The first-order chi connectivity index (χ1) is 15.4. The van der Waals surface area contributed by atoms with Crippen LogP contribution in [0.1, 0.15) is 15.9 Å². The van der Waals surface area contributed by atoms with Gasteiger partial charge in [0.1, 0.15) is 11.5 Å². The molecule has 0 bridgehead atoms. The molecule has 0 unspecified atom stereocenters. The molecular formula is C22H16ClN3O6. The van der Waals surface area contributed by atoms with Crippen molar-refractivity contribution in [3.05, 3.63) is 99.1 Å². The summed E-state index contributed by atoms with van der Waals surface area (Å²) in [4.78, 5) is 34.2. The van der Waals surface area contributed by atoms with Crippen molar-refractivity contribution >= 4 is 35.4 Å². The highest BCUT2D eigenvalue weighted by atomic mass is 35.5. The lowest BCUT2D eigenvalue weighted by molar-refractivity contribution is -0.384. The second-order valence-corrected chi connectivity index (χ2v) is 6.74. The van der Waals surface area contributed by atoms with Crippen LogP contribution in [0, 0.1) is 10.1 Å². The van der Waals surface area contributed by atoms with Gasteiger partial charge in [0.15, 0.2) is 6.61 Å². The van der Waals surface area contributed by atoms with Gasteiger partial charge in [-0.15, -0.1) is 0 Å². The number of nitro groups is 1. The van der Waals surface area contributed by atoms with E-state index in [0.29, 0.717) is 16.3 Å². The van der Waals surface area contributed by atoms with E-state index >= 15 is 0 Å². The van der Waals surface area contributed by atoms with E-state index in [9.17, 15) is 19.7 Å². The fraction of sp³-hybridized carbons (Fsp3) is 0.0455. The van der Waals surface area contributed by atoms with Crippen LogP contribution in [0.3, 0.4) is 0 Å². The van der Waals surface area contributed by atoms with Gasteiger partial charge in [0.25, 0.3) is 11.6 Å². The SMILES string of the molecule is O=C(COc1ccc(Cl)cc1)N/N=C/c1cccc(OC(=O)c2ccc([N+](=O)[O-])cc2)c1. The van der Waals surface area contributed by atoms with Crippen molar-refractivity contribution in [1.29, 1.82) is 0 Å². The Morgan fingerprint density at radius 1 is 1.03 bits per heavy atom. The zero-order valence-electron chi connectivity index (χ0n) is 16.4. The molecule has 3 aromatic carbocycles. The van der Waals surface area contributed by atoms with Gasteiger partial charge in [-0.05, 0) is 54.1 Å². The molecule has 0 radical (unpaired) electrons. The van der Waals surface area contributed by atoms with E-state index in [0.717, 1.165) is 0 Å². The molecule has 0 saturated heterocycles. The molecule has 0 aromatic heterocycles. The van der Waals surface area contributed by atoms with Crippen molar-refractivity contribution in [3.63, 3.8) is 0 Å². The minimum atomic E-state index is -0.665. The van der Waals surface area contributed by atoms with Gasteiger partial charge in [-0.3, -0.25) is 14.9 Å². The molecule has 32 heavy (non-hydrogen) atoms. The Kier molecular flexibility index (Phi) is 7.50. The molecule has 3 rings (SSSR count). The number of ether oxygens (including phenoxy) is 2. The number of benzene rings is 3. The lowest BCUT2D eigenvalue weighted by atomic mass is 10.2. The Labute approximate surface area is 187 Å². The average Bonchev–Trinajstić information content (AvgIpc) is 2.79. The molecule has 162 valence electrons. The fourth-order valence-corrected chi connectivity index (χ4v) is 2.56. The number of non-ortho nitro benzene ring substituents is 1. The average molecular weight is 454 g/mol. The van der Waals surface area contributed by atoms with E-state index in [-0.39, 0.29) is 23.6 Å². The minimum absolute atomic E-state index is 0.125. The quantitative estimate of drug-likeness (QED) is 0.181. The van der Waals surface area contributed by atoms with Gasteiger partial charge >= 0.3 is 5.97 Å². The molecule has 0 atom stereocenters. The number of hydrogen-bond acceptors (Lipinski definition) is 7. The van der Waals surface area contributed by atoms with Crippen LogP contribution in [0.5, 0.6) is 11.5 Å². The molecule has 1 N–H and O–H groups in total. The monoisotopic (exact) mass is 453 g/mol. The number of rotatable bonds is 8. The Hall–Kier alpha value is -4.24. The summed E-state index contributed by atoms with van der Waals surface area (Å²) in [6.45, 7) is -0.230. The maximum atomic E-state index is 12.2. The highest BCUT2D eigenvalue weighted by Crippen LogP contribution is 2.17. The van der Waals surface area contributed by atoms with Gasteiger partial charge in [-0.2, -0.15) is 5.10 Å². The van der Waals surface area contributed by atoms with E-state index < -0.39 is 16.8 Å². The highest BCUT2D eigenvalue weighted by Gasteiger charge is 2.11. The van der Waals surface area contributed by atoms with Gasteiger partial charge < -0.3 is 9.47 Å². The van der Waals surface area contributed by atoms with E-state index in [1.54, 1.807) is 48.5 Å². The van der Waals surface area contributed by atoms with Gasteiger partial charge in [0, 0.05) is 17.2 Å². The van der Waals surface area contributed by atoms with Gasteiger partial charge in [-0.1, -0.05) is 23.7 Å². The van der Waals surface area contributed by atoms with Crippen LogP contribution in [0.2, 0.25) is 5.02 Å². The van der Waals surface area contributed by atoms with Crippen molar-refractivity contribution in [2.24, 2.45) is 5.10 Å². The molecule has 0 saturated carbocycles. The van der Waals surface area contributed by atoms with Crippen LogP contribution in [0.25, 0.3) is 0 Å². The number of nitrogens with zero attached hydrogens (tertiary/aromatic N) is 2. The number of hydrogen-bond donors (Lipinski definition) is 1. The summed E-state index contributed by atoms with van der Waals surface area (Å²) in [5.41, 5.74) is 2.94. The first-order valence-electron chi connectivity index (χ1n) is 9.18. The van der Waals surface area contributed by atoms with Gasteiger partial charge in [0.05, 0.1) is 16.7 Å². The third-order valence-electron chi connectivity index (χ3n) is 3.97. The first kappa shape index (κ1) is 22.4. The third kappa shape index (κ3) is 6.64. The van der Waals surface area contributed by atoms with E-state index in [1.807, 2.05) is 0 Å². The maximum absolute atomic E-state index is 12.2. The van der Waals surface area contributed by atoms with Gasteiger partial charge in [0.2, 0.25) is 0 Å². The van der Waals surface area contributed by atoms with Crippen molar-refractivity contribution in [2.45, 2.75) is 0 Å². The highest BCUT2D eigenvalue weighted by molar-refractivity contribution is 6.30. The zero-order chi connectivity index (χ0) is 22.9. The number of nitro benzene ring substituents is 1. The smallest absolute Gasteiger partial charge is 0.343 e. The Morgan fingerprint density at radius 3 is 2.44 bits per heavy atom. The van der Waals surface area contributed by atoms with Crippen LogP contribution < -0.4 is 14.9 Å². The molecule has 9 nitrogen and oxygen atoms in total. The summed E-state index contributed by atoms with van der Waals surface area (Å²) in [5, 5.41) is 15.1. The molecule has 0 spiro atoms. The molecule has 0 fully saturated rings. The Balaban J connectivity index is 1.51. The fourth-order valence-electron chi connectivity index (χ4n) is 2.43. The first-order valence-corrected chi connectivity index (χ1v) is 9.55. The second kappa shape index (κ2) is 10.7. The Morgan fingerprint density at radius 2 is 1.75 bits per heavy atom. The van der Waals surface area contributed by atoms with Crippen LogP contribution in [-0.4, -0.2) is 29.6 Å². The van der Waals surface area contributed by atoms with Crippen molar-refractivity contribution in [2.75, 3.05) is 6.61 Å². The number of amides is 1. The third-order valence-corrected chi connectivity index (χ3v) is 4.22. The molecule has 0 heterocycles. The van der Waals surface area contributed by atoms with Crippen LogP contribution in [-0.2, 0) is 4.79 Å². The number of esters is 1. The molecular weight excluding hydrogens is 438 g/mol.